The van der Waals surface area contributed by atoms with Crippen molar-refractivity contribution in [3.8, 4) is 0 Å². The van der Waals surface area contributed by atoms with Crippen molar-refractivity contribution in [2.75, 3.05) is 5.32 Å². The van der Waals surface area contributed by atoms with E-state index in [2.05, 4.69) is 15.3 Å². The topological polar surface area (TPSA) is 67.0 Å². The zero-order valence-electron chi connectivity index (χ0n) is 14.3. The van der Waals surface area contributed by atoms with E-state index in [1.807, 2.05) is 36.4 Å². The van der Waals surface area contributed by atoms with Crippen LogP contribution in [0, 0.1) is 0 Å². The number of carbonyl (C=O) groups excluding carboxylic acids is 1. The van der Waals surface area contributed by atoms with Crippen LogP contribution in [0.1, 0.15) is 18.9 Å². The van der Waals surface area contributed by atoms with Crippen LogP contribution in [-0.2, 0) is 4.74 Å². The molecule has 27 heavy (non-hydrogen) atoms. The van der Waals surface area contributed by atoms with Crippen LogP contribution in [-0.4, -0.2) is 16.1 Å². The number of fused-ring (bicyclic) bond motifs is 3. The van der Waals surface area contributed by atoms with Gasteiger partial charge in [0.25, 0.3) is 0 Å². The molecule has 0 bridgehead atoms. The highest BCUT2D eigenvalue weighted by Crippen LogP contribution is 2.27. The number of nitrogens with one attached hydrogen (secondary N) is 2. The quantitative estimate of drug-likeness (QED) is 0.422. The van der Waals surface area contributed by atoms with Crippen molar-refractivity contribution in [2.45, 2.75) is 13.0 Å². The monoisotopic (exact) mass is 399 g/mol. The molecule has 0 radical (unpaired) electrons. The second-order valence-corrected chi connectivity index (χ2v) is 6.92. The van der Waals surface area contributed by atoms with Crippen molar-refractivity contribution in [1.29, 1.82) is 0 Å². The molecule has 4 aromatic rings. The first-order valence-electron chi connectivity index (χ1n) is 8.31. The maximum atomic E-state index is 12.2. The fourth-order valence-corrected chi connectivity index (χ4v) is 3.20. The number of rotatable bonds is 3. The van der Waals surface area contributed by atoms with Crippen molar-refractivity contribution < 1.29 is 9.53 Å². The first kappa shape index (κ1) is 17.6. The second kappa shape index (κ2) is 7.10. The Morgan fingerprint density at radius 3 is 2.74 bits per heavy atom. The zero-order chi connectivity index (χ0) is 19.0. The van der Waals surface area contributed by atoms with Gasteiger partial charge >= 0.3 is 6.09 Å². The van der Waals surface area contributed by atoms with Crippen LogP contribution in [0.4, 0.5) is 10.5 Å². The fraction of sp³-hybridized carbons (Fsp3) is 0.100. The Bertz CT molecular complexity index is 1160. The van der Waals surface area contributed by atoms with Gasteiger partial charge in [-0.05, 0) is 36.6 Å². The predicted molar refractivity (Wildman–Crippen MR) is 109 cm³/mol. The van der Waals surface area contributed by atoms with E-state index in [4.69, 9.17) is 27.9 Å². The maximum Gasteiger partial charge on any atom is 0.412 e. The minimum absolute atomic E-state index is 0.353. The summed E-state index contributed by atoms with van der Waals surface area (Å²) < 4.78 is 5.43. The van der Waals surface area contributed by atoms with Crippen molar-refractivity contribution in [3.05, 3.63) is 70.5 Å². The van der Waals surface area contributed by atoms with Gasteiger partial charge in [0.2, 0.25) is 0 Å². The van der Waals surface area contributed by atoms with Gasteiger partial charge in [-0.3, -0.25) is 5.32 Å². The Morgan fingerprint density at radius 1 is 1.11 bits per heavy atom. The first-order chi connectivity index (χ1) is 13.0. The second-order valence-electron chi connectivity index (χ2n) is 6.10. The van der Waals surface area contributed by atoms with Gasteiger partial charge < -0.3 is 9.72 Å². The summed E-state index contributed by atoms with van der Waals surface area (Å²) in [5.74, 6) is 0.575. The molecule has 0 aliphatic rings. The lowest BCUT2D eigenvalue weighted by Crippen LogP contribution is -2.16. The first-order valence-corrected chi connectivity index (χ1v) is 9.07. The lowest BCUT2D eigenvalue weighted by molar-refractivity contribution is 0.117. The molecule has 0 aliphatic heterocycles. The third kappa shape index (κ3) is 3.56. The number of ether oxygens (including phenoxy) is 1. The summed E-state index contributed by atoms with van der Waals surface area (Å²) in [6, 6.07) is 16.8. The van der Waals surface area contributed by atoms with Crippen LogP contribution >= 0.6 is 23.2 Å². The summed E-state index contributed by atoms with van der Waals surface area (Å²) in [5.41, 5.74) is 2.24. The van der Waals surface area contributed by atoms with Gasteiger partial charge in [-0.1, -0.05) is 53.5 Å². The molecule has 0 unspecified atom stereocenters. The van der Waals surface area contributed by atoms with E-state index >= 15 is 0 Å². The minimum atomic E-state index is -0.605. The van der Waals surface area contributed by atoms with Crippen LogP contribution in [0.25, 0.3) is 21.8 Å². The molecule has 1 amide bonds. The molecule has 0 saturated heterocycles. The van der Waals surface area contributed by atoms with Gasteiger partial charge in [0, 0.05) is 11.1 Å². The molecule has 1 heterocycles. The van der Waals surface area contributed by atoms with E-state index < -0.39 is 12.2 Å². The predicted octanol–water partition coefficient (Wildman–Crippen LogP) is 6.33. The highest BCUT2D eigenvalue weighted by atomic mass is 35.5. The van der Waals surface area contributed by atoms with Gasteiger partial charge in [0.15, 0.2) is 6.10 Å². The number of aromatic nitrogens is 2. The molecule has 0 spiro atoms. The number of anilines is 1. The van der Waals surface area contributed by atoms with Crippen LogP contribution in [0.3, 0.4) is 0 Å². The number of H-pyrrole nitrogens is 1. The molecule has 0 fully saturated rings. The molecule has 1 aromatic heterocycles. The van der Waals surface area contributed by atoms with E-state index in [1.165, 1.54) is 0 Å². The number of aromatic amines is 1. The van der Waals surface area contributed by atoms with Crippen molar-refractivity contribution in [3.63, 3.8) is 0 Å². The molecule has 5 nitrogen and oxygen atoms in total. The molecule has 136 valence electrons. The number of benzene rings is 3. The lowest BCUT2D eigenvalue weighted by atomic mass is 10.1. The SMILES string of the molecule is C[C@H](OC(=O)Nc1ccc(Cl)c(Cl)c1)c1nc2ccc3ccccc3c2[nH]1. The summed E-state index contributed by atoms with van der Waals surface area (Å²) >= 11 is 11.8. The largest absolute Gasteiger partial charge is 0.438 e. The van der Waals surface area contributed by atoms with Gasteiger partial charge in [-0.15, -0.1) is 0 Å². The Hall–Kier alpha value is -2.76. The van der Waals surface area contributed by atoms with Crippen LogP contribution < -0.4 is 5.32 Å². The third-order valence-corrected chi connectivity index (χ3v) is 4.97. The Balaban J connectivity index is 1.53. The molecule has 7 heteroatoms. The molecule has 2 N–H and O–H groups in total. The van der Waals surface area contributed by atoms with E-state index in [0.29, 0.717) is 21.6 Å². The number of hydrogen-bond acceptors (Lipinski definition) is 3. The van der Waals surface area contributed by atoms with Gasteiger partial charge in [-0.25, -0.2) is 9.78 Å². The molecule has 1 atom stereocenters. The average Bonchev–Trinajstić information content (AvgIpc) is 3.10. The van der Waals surface area contributed by atoms with Crippen LogP contribution in [0.2, 0.25) is 10.0 Å². The average molecular weight is 400 g/mol. The third-order valence-electron chi connectivity index (χ3n) is 4.24. The Labute approximate surface area is 165 Å². The molecule has 0 saturated carbocycles. The Kier molecular flexibility index (Phi) is 4.64. The molecule has 4 rings (SSSR count). The highest BCUT2D eigenvalue weighted by molar-refractivity contribution is 6.42. The number of hydrogen-bond donors (Lipinski definition) is 2. The van der Waals surface area contributed by atoms with Crippen LogP contribution in [0.15, 0.2) is 54.6 Å². The van der Waals surface area contributed by atoms with Gasteiger partial charge in [0.1, 0.15) is 5.82 Å². The smallest absolute Gasteiger partial charge is 0.412 e. The maximum absolute atomic E-state index is 12.2. The molecule has 3 aromatic carbocycles. The summed E-state index contributed by atoms with van der Waals surface area (Å²) in [7, 11) is 0. The van der Waals surface area contributed by atoms with Crippen molar-refractivity contribution in [2.24, 2.45) is 0 Å². The minimum Gasteiger partial charge on any atom is -0.438 e. The van der Waals surface area contributed by atoms with E-state index in [9.17, 15) is 4.79 Å². The summed E-state index contributed by atoms with van der Waals surface area (Å²) in [5, 5.41) is 5.58. The summed E-state index contributed by atoms with van der Waals surface area (Å²) in [6.07, 6.45) is -1.16. The number of imidazole rings is 1. The van der Waals surface area contributed by atoms with E-state index in [-0.39, 0.29) is 0 Å². The zero-order valence-corrected chi connectivity index (χ0v) is 15.8. The number of amides is 1. The number of carbonyl (C=O) groups is 1. The molecule has 0 aliphatic carbocycles. The number of nitrogens with zero attached hydrogens (tertiary/aromatic N) is 1. The highest BCUT2D eigenvalue weighted by Gasteiger charge is 2.17. The van der Waals surface area contributed by atoms with E-state index in [0.717, 1.165) is 21.8 Å². The number of halogens is 2. The normalized spacial score (nSPS) is 12.3. The fourth-order valence-electron chi connectivity index (χ4n) is 2.90. The summed E-state index contributed by atoms with van der Waals surface area (Å²) in [4.78, 5) is 20.0. The van der Waals surface area contributed by atoms with Crippen molar-refractivity contribution >= 4 is 56.8 Å². The summed E-state index contributed by atoms with van der Waals surface area (Å²) in [6.45, 7) is 1.76. The van der Waals surface area contributed by atoms with Gasteiger partial charge in [-0.2, -0.15) is 0 Å². The van der Waals surface area contributed by atoms with E-state index in [1.54, 1.807) is 25.1 Å². The molecular formula is C20H15Cl2N3O2. The van der Waals surface area contributed by atoms with Gasteiger partial charge in [0.05, 0.1) is 21.1 Å². The standard InChI is InChI=1S/C20H15Cl2N3O2/c1-11(27-20(26)23-13-7-8-15(21)16(22)10-13)19-24-17-9-6-12-4-2-3-5-14(12)18(17)25-19/h2-11H,1H3,(H,23,26)(H,24,25)/t11-/m0/s1. The van der Waals surface area contributed by atoms with Crippen LogP contribution in [0.5, 0.6) is 0 Å². The lowest BCUT2D eigenvalue weighted by Gasteiger charge is -2.12. The van der Waals surface area contributed by atoms with Crippen molar-refractivity contribution in [1.82, 2.24) is 9.97 Å². The molecular weight excluding hydrogens is 385 g/mol. The Morgan fingerprint density at radius 2 is 1.93 bits per heavy atom.